The van der Waals surface area contributed by atoms with E-state index in [9.17, 15) is 0 Å². The number of hydrogen-bond acceptors (Lipinski definition) is 4. The molecule has 4 nitrogen and oxygen atoms in total. The number of hydrogen-bond donors (Lipinski definition) is 0. The molecule has 0 radical (unpaired) electrons. The molecule has 2 aliphatic rings. The van der Waals surface area contributed by atoms with Gasteiger partial charge < -0.3 is 0 Å². The average molecular weight is 186 g/mol. The van der Waals surface area contributed by atoms with Crippen LogP contribution in [0.1, 0.15) is 22.3 Å². The molecule has 0 bridgehead atoms. The van der Waals surface area contributed by atoms with Crippen LogP contribution < -0.4 is 0 Å². The van der Waals surface area contributed by atoms with Crippen LogP contribution in [-0.4, -0.2) is 0 Å². The van der Waals surface area contributed by atoms with E-state index < -0.39 is 0 Å². The Morgan fingerprint density at radius 3 is 1.64 bits per heavy atom. The maximum atomic E-state index is 4.18. The zero-order valence-electron chi connectivity index (χ0n) is 8.20. The predicted octanol–water partition coefficient (Wildman–Crippen LogP) is 3.50. The van der Waals surface area contributed by atoms with Crippen molar-refractivity contribution in [3.05, 3.63) is 22.3 Å². The summed E-state index contributed by atoms with van der Waals surface area (Å²) in [5, 5.41) is 16.5. The number of rotatable bonds is 0. The zero-order chi connectivity index (χ0) is 9.71. The number of fused-ring (bicyclic) bond motifs is 2. The molecule has 70 valence electrons. The lowest BCUT2D eigenvalue weighted by Crippen LogP contribution is -1.92. The lowest BCUT2D eigenvalue weighted by Gasteiger charge is -2.09. The van der Waals surface area contributed by atoms with E-state index in [1.807, 2.05) is 0 Å². The highest BCUT2D eigenvalue weighted by atomic mass is 15.2. The van der Waals surface area contributed by atoms with Crippen LogP contribution in [0.5, 0.6) is 0 Å². The summed E-state index contributed by atoms with van der Waals surface area (Å²) in [6.45, 7) is 5.56. The monoisotopic (exact) mass is 186 g/mol. The van der Waals surface area contributed by atoms with Crippen molar-refractivity contribution in [3.8, 4) is 0 Å². The molecular formula is C10H10N4. The zero-order valence-corrected chi connectivity index (χ0v) is 8.20. The molecule has 14 heavy (non-hydrogen) atoms. The first-order chi connectivity index (χ1) is 6.79. The van der Waals surface area contributed by atoms with E-state index >= 15 is 0 Å². The Hall–Kier alpha value is -1.58. The average Bonchev–Trinajstić information content (AvgIpc) is 2.82. The van der Waals surface area contributed by atoms with E-state index in [-0.39, 0.29) is 0 Å². The SMILES string of the molecule is Cc1c2c(c(C)c3c1N=NC3)N=NC2. The summed E-state index contributed by atoms with van der Waals surface area (Å²) in [6, 6.07) is 0. The topological polar surface area (TPSA) is 49.4 Å². The van der Waals surface area contributed by atoms with E-state index in [2.05, 4.69) is 34.3 Å². The van der Waals surface area contributed by atoms with Crippen molar-refractivity contribution >= 4 is 11.4 Å². The van der Waals surface area contributed by atoms with Gasteiger partial charge in [-0.3, -0.25) is 0 Å². The number of azo groups is 2. The lowest BCUT2D eigenvalue weighted by molar-refractivity contribution is 1.02. The second-order valence-electron chi connectivity index (χ2n) is 3.70. The van der Waals surface area contributed by atoms with Gasteiger partial charge in [-0.1, -0.05) is 0 Å². The van der Waals surface area contributed by atoms with Gasteiger partial charge in [-0.25, -0.2) is 0 Å². The van der Waals surface area contributed by atoms with Crippen LogP contribution in [0, 0.1) is 13.8 Å². The maximum Gasteiger partial charge on any atom is 0.0940 e. The molecule has 2 aliphatic heterocycles. The third-order valence-corrected chi connectivity index (χ3v) is 2.99. The first-order valence-electron chi connectivity index (χ1n) is 4.69. The van der Waals surface area contributed by atoms with Crippen molar-refractivity contribution < 1.29 is 0 Å². The molecule has 3 rings (SSSR count). The van der Waals surface area contributed by atoms with E-state index in [1.54, 1.807) is 0 Å². The number of benzene rings is 1. The highest BCUT2D eigenvalue weighted by Gasteiger charge is 2.23. The van der Waals surface area contributed by atoms with Crippen molar-refractivity contribution in [2.75, 3.05) is 0 Å². The molecule has 2 heterocycles. The fourth-order valence-electron chi connectivity index (χ4n) is 2.10. The molecule has 0 spiro atoms. The minimum atomic E-state index is 0.699. The Morgan fingerprint density at radius 1 is 0.786 bits per heavy atom. The van der Waals surface area contributed by atoms with Crippen LogP contribution in [0.15, 0.2) is 20.5 Å². The summed E-state index contributed by atoms with van der Waals surface area (Å²) in [4.78, 5) is 0. The summed E-state index contributed by atoms with van der Waals surface area (Å²) < 4.78 is 0. The van der Waals surface area contributed by atoms with Crippen LogP contribution in [-0.2, 0) is 13.1 Å². The van der Waals surface area contributed by atoms with Gasteiger partial charge in [0.05, 0.1) is 24.5 Å². The van der Waals surface area contributed by atoms with Crippen LogP contribution in [0.4, 0.5) is 11.4 Å². The summed E-state index contributed by atoms with van der Waals surface area (Å²) in [6.07, 6.45) is 0. The Kier molecular flexibility index (Phi) is 1.37. The van der Waals surface area contributed by atoms with Gasteiger partial charge in [-0.2, -0.15) is 20.5 Å². The van der Waals surface area contributed by atoms with Gasteiger partial charge in [-0.05, 0) is 25.0 Å². The van der Waals surface area contributed by atoms with Gasteiger partial charge in [0.25, 0.3) is 0 Å². The summed E-state index contributed by atoms with van der Waals surface area (Å²) in [7, 11) is 0. The molecule has 0 saturated carbocycles. The molecule has 0 aromatic heterocycles. The van der Waals surface area contributed by atoms with Gasteiger partial charge in [-0.15, -0.1) is 0 Å². The van der Waals surface area contributed by atoms with Crippen molar-refractivity contribution in [1.82, 2.24) is 0 Å². The van der Waals surface area contributed by atoms with Crippen molar-refractivity contribution in [3.63, 3.8) is 0 Å². The third-order valence-electron chi connectivity index (χ3n) is 2.99. The molecule has 0 saturated heterocycles. The highest BCUT2D eigenvalue weighted by Crippen LogP contribution is 2.44. The highest BCUT2D eigenvalue weighted by molar-refractivity contribution is 5.71. The Labute approximate surface area is 81.8 Å². The van der Waals surface area contributed by atoms with Gasteiger partial charge in [0.1, 0.15) is 0 Å². The third kappa shape index (κ3) is 0.780. The minimum Gasteiger partial charge on any atom is -0.184 e. The van der Waals surface area contributed by atoms with Crippen LogP contribution in [0.25, 0.3) is 0 Å². The summed E-state index contributed by atoms with van der Waals surface area (Å²) >= 11 is 0. The summed E-state index contributed by atoms with van der Waals surface area (Å²) in [5.41, 5.74) is 6.95. The van der Waals surface area contributed by atoms with E-state index in [0.29, 0.717) is 13.1 Å². The Balaban J connectivity index is 2.40. The quantitative estimate of drug-likeness (QED) is 0.595. The second-order valence-corrected chi connectivity index (χ2v) is 3.70. The smallest absolute Gasteiger partial charge is 0.0940 e. The molecule has 0 amide bonds. The largest absolute Gasteiger partial charge is 0.184 e. The van der Waals surface area contributed by atoms with E-state index in [4.69, 9.17) is 0 Å². The standard InChI is InChI=1S/C10H10N4/c1-5-7-3-11-14-10(7)6(2)8-4-12-13-9(5)8/h3-4H2,1-2H3. The molecular weight excluding hydrogens is 176 g/mol. The van der Waals surface area contributed by atoms with Crippen molar-refractivity contribution in [2.45, 2.75) is 26.9 Å². The number of nitrogens with zero attached hydrogens (tertiary/aromatic N) is 4. The van der Waals surface area contributed by atoms with Crippen LogP contribution >= 0.6 is 0 Å². The normalized spacial score (nSPS) is 16.1. The lowest BCUT2D eigenvalue weighted by atomic mass is 9.96. The fraction of sp³-hybridized carbons (Fsp3) is 0.400. The van der Waals surface area contributed by atoms with Crippen molar-refractivity contribution in [2.24, 2.45) is 20.5 Å². The Morgan fingerprint density at radius 2 is 1.21 bits per heavy atom. The first kappa shape index (κ1) is 7.79. The Bertz CT molecular complexity index is 440. The van der Waals surface area contributed by atoms with Crippen LogP contribution in [0.2, 0.25) is 0 Å². The molecule has 0 N–H and O–H groups in total. The molecule has 0 unspecified atom stereocenters. The maximum absolute atomic E-state index is 4.18. The van der Waals surface area contributed by atoms with Gasteiger partial charge in [0.2, 0.25) is 0 Å². The fourth-order valence-corrected chi connectivity index (χ4v) is 2.10. The molecule has 0 atom stereocenters. The van der Waals surface area contributed by atoms with Gasteiger partial charge in [0.15, 0.2) is 0 Å². The van der Waals surface area contributed by atoms with E-state index in [1.165, 1.54) is 22.3 Å². The minimum absolute atomic E-state index is 0.699. The summed E-state index contributed by atoms with van der Waals surface area (Å²) in [5.74, 6) is 0. The van der Waals surface area contributed by atoms with E-state index in [0.717, 1.165) is 11.4 Å². The van der Waals surface area contributed by atoms with Gasteiger partial charge in [0, 0.05) is 11.1 Å². The predicted molar refractivity (Wildman–Crippen MR) is 52.4 cm³/mol. The van der Waals surface area contributed by atoms with Crippen molar-refractivity contribution in [1.29, 1.82) is 0 Å². The molecule has 1 aromatic carbocycles. The molecule has 1 aromatic rings. The first-order valence-corrected chi connectivity index (χ1v) is 4.69. The second kappa shape index (κ2) is 2.47. The molecule has 0 aliphatic carbocycles. The van der Waals surface area contributed by atoms with Gasteiger partial charge >= 0.3 is 0 Å². The molecule has 0 fully saturated rings. The molecule has 4 heteroatoms. The van der Waals surface area contributed by atoms with Crippen LogP contribution in [0.3, 0.4) is 0 Å².